The van der Waals surface area contributed by atoms with Crippen LogP contribution in [0.15, 0.2) is 24.2 Å². The van der Waals surface area contributed by atoms with Gasteiger partial charge in [0.1, 0.15) is 6.10 Å². The molecule has 3 atom stereocenters. The fourth-order valence-electron chi connectivity index (χ4n) is 4.58. The number of allylic oxidation sites excluding steroid dienone is 1. The molecular formula is C20H29NO4. The number of hydrogen-bond donors (Lipinski definition) is 2. The molecule has 0 spiro atoms. The third-order valence-corrected chi connectivity index (χ3v) is 5.99. The minimum atomic E-state index is -0.157. The Balaban J connectivity index is 2.16. The molecule has 1 aliphatic carbocycles. The zero-order chi connectivity index (χ0) is 18.0. The lowest BCUT2D eigenvalue weighted by Gasteiger charge is -2.49. The Bertz CT molecular complexity index is 657. The molecule has 1 aliphatic heterocycles. The summed E-state index contributed by atoms with van der Waals surface area (Å²) in [7, 11) is 5.22. The number of fused-ring (bicyclic) bond motifs is 4. The van der Waals surface area contributed by atoms with Gasteiger partial charge in [-0.3, -0.25) is 0 Å². The van der Waals surface area contributed by atoms with Crippen LogP contribution in [0.1, 0.15) is 37.3 Å². The topological polar surface area (TPSA) is 60.0 Å². The highest BCUT2D eigenvalue weighted by atomic mass is 16.7. The predicted molar refractivity (Wildman–Crippen MR) is 96.9 cm³/mol. The van der Waals surface area contributed by atoms with Crippen LogP contribution in [-0.4, -0.2) is 39.0 Å². The van der Waals surface area contributed by atoms with Gasteiger partial charge in [-0.05, 0) is 50.6 Å². The molecule has 3 rings (SSSR count). The number of phenols is 1. The van der Waals surface area contributed by atoms with Gasteiger partial charge < -0.3 is 24.6 Å². The largest absolute Gasteiger partial charge is 0.504 e. The molecule has 138 valence electrons. The molecule has 2 N–H and O–H groups in total. The SMILES string of the molecule is CNCCC12CC/C=C(/OC)OC(Cc3ccc(OC)c(O)c31)C2C. The normalized spacial score (nSPS) is 30.2. The van der Waals surface area contributed by atoms with Crippen LogP contribution in [0.2, 0.25) is 0 Å². The number of nitrogens with one attached hydrogen (secondary N) is 1. The molecule has 1 heterocycles. The molecule has 0 radical (unpaired) electrons. The van der Waals surface area contributed by atoms with Crippen molar-refractivity contribution in [1.82, 2.24) is 5.32 Å². The second-order valence-electron chi connectivity index (χ2n) is 7.08. The van der Waals surface area contributed by atoms with Crippen LogP contribution in [-0.2, 0) is 21.3 Å². The van der Waals surface area contributed by atoms with Gasteiger partial charge in [-0.25, -0.2) is 0 Å². The van der Waals surface area contributed by atoms with Crippen molar-refractivity contribution in [2.75, 3.05) is 27.8 Å². The van der Waals surface area contributed by atoms with Crippen LogP contribution in [0.25, 0.3) is 0 Å². The van der Waals surface area contributed by atoms with E-state index in [1.165, 1.54) is 0 Å². The highest BCUT2D eigenvalue weighted by Gasteiger charge is 2.49. The van der Waals surface area contributed by atoms with Crippen LogP contribution in [0.3, 0.4) is 0 Å². The summed E-state index contributed by atoms with van der Waals surface area (Å²) in [5.41, 5.74) is 2.04. The predicted octanol–water partition coefficient (Wildman–Crippen LogP) is 3.11. The van der Waals surface area contributed by atoms with E-state index in [1.807, 2.05) is 19.2 Å². The van der Waals surface area contributed by atoms with Crippen molar-refractivity contribution in [3.63, 3.8) is 0 Å². The summed E-state index contributed by atoms with van der Waals surface area (Å²) in [5, 5.41) is 14.2. The van der Waals surface area contributed by atoms with Gasteiger partial charge in [-0.1, -0.05) is 13.0 Å². The van der Waals surface area contributed by atoms with E-state index >= 15 is 0 Å². The average Bonchev–Trinajstić information content (AvgIpc) is 2.62. The van der Waals surface area contributed by atoms with Gasteiger partial charge in [0.2, 0.25) is 0 Å². The van der Waals surface area contributed by atoms with Crippen molar-refractivity contribution in [2.45, 2.75) is 44.1 Å². The molecule has 1 aromatic carbocycles. The van der Waals surface area contributed by atoms with Crippen LogP contribution >= 0.6 is 0 Å². The molecule has 2 aliphatic rings. The lowest BCUT2D eigenvalue weighted by atomic mass is 9.58. The minimum Gasteiger partial charge on any atom is -0.504 e. The van der Waals surface area contributed by atoms with Crippen molar-refractivity contribution in [1.29, 1.82) is 0 Å². The van der Waals surface area contributed by atoms with E-state index in [1.54, 1.807) is 14.2 Å². The standard InChI is InChI=1S/C20H29NO4/c1-13-16-12-14-7-8-15(23-3)19(22)18(14)20(13,10-11-21-2)9-5-6-17(24-4)25-16/h6-8,13,16,21-22H,5,9-12H2,1-4H3/b17-6-. The van der Waals surface area contributed by atoms with E-state index in [-0.39, 0.29) is 23.2 Å². The van der Waals surface area contributed by atoms with Crippen LogP contribution in [0, 0.1) is 5.92 Å². The molecule has 5 nitrogen and oxygen atoms in total. The Morgan fingerprint density at radius 1 is 1.32 bits per heavy atom. The van der Waals surface area contributed by atoms with Gasteiger partial charge >= 0.3 is 0 Å². The minimum absolute atomic E-state index is 0.0312. The zero-order valence-corrected chi connectivity index (χ0v) is 15.6. The second kappa shape index (κ2) is 7.16. The third kappa shape index (κ3) is 2.95. The number of rotatable bonds is 5. The Kier molecular flexibility index (Phi) is 5.13. The van der Waals surface area contributed by atoms with Crippen LogP contribution in [0.4, 0.5) is 0 Å². The molecule has 0 saturated heterocycles. The highest BCUT2D eigenvalue weighted by molar-refractivity contribution is 5.55. The first-order valence-electron chi connectivity index (χ1n) is 9.02. The van der Waals surface area contributed by atoms with Gasteiger partial charge in [0, 0.05) is 23.3 Å². The highest BCUT2D eigenvalue weighted by Crippen LogP contribution is 2.54. The molecule has 5 heteroatoms. The monoisotopic (exact) mass is 347 g/mol. The molecule has 0 amide bonds. The van der Waals surface area contributed by atoms with Gasteiger partial charge in [0.05, 0.1) is 14.2 Å². The van der Waals surface area contributed by atoms with E-state index in [9.17, 15) is 5.11 Å². The number of aromatic hydroxyl groups is 1. The van der Waals surface area contributed by atoms with Crippen molar-refractivity contribution >= 4 is 0 Å². The molecule has 0 fully saturated rings. The Labute approximate surface area is 150 Å². The maximum absolute atomic E-state index is 11.0. The zero-order valence-electron chi connectivity index (χ0n) is 15.6. The lowest BCUT2D eigenvalue weighted by Crippen LogP contribution is -2.48. The summed E-state index contributed by atoms with van der Waals surface area (Å²) in [5.74, 6) is 1.70. The Morgan fingerprint density at radius 2 is 2.12 bits per heavy atom. The summed E-state index contributed by atoms with van der Waals surface area (Å²) in [6.07, 6.45) is 5.54. The molecule has 0 aromatic heterocycles. The van der Waals surface area contributed by atoms with Crippen LogP contribution in [0.5, 0.6) is 11.5 Å². The average molecular weight is 347 g/mol. The molecule has 3 unspecified atom stereocenters. The first-order valence-corrected chi connectivity index (χ1v) is 9.02. The number of phenolic OH excluding ortho intramolecular Hbond substituents is 1. The smallest absolute Gasteiger partial charge is 0.274 e. The van der Waals surface area contributed by atoms with E-state index < -0.39 is 0 Å². The second-order valence-corrected chi connectivity index (χ2v) is 7.08. The summed E-state index contributed by atoms with van der Waals surface area (Å²) in [6.45, 7) is 3.12. The van der Waals surface area contributed by atoms with Gasteiger partial charge in [0.25, 0.3) is 5.95 Å². The maximum Gasteiger partial charge on any atom is 0.274 e. The van der Waals surface area contributed by atoms with E-state index in [2.05, 4.69) is 18.3 Å². The summed E-state index contributed by atoms with van der Waals surface area (Å²) >= 11 is 0. The van der Waals surface area contributed by atoms with Gasteiger partial charge in [0.15, 0.2) is 11.5 Å². The summed E-state index contributed by atoms with van der Waals surface area (Å²) in [4.78, 5) is 0. The number of methoxy groups -OCH3 is 2. The van der Waals surface area contributed by atoms with E-state index in [4.69, 9.17) is 14.2 Å². The fraction of sp³-hybridized carbons (Fsp3) is 0.600. The fourth-order valence-corrected chi connectivity index (χ4v) is 4.58. The summed E-state index contributed by atoms with van der Waals surface area (Å²) in [6, 6.07) is 3.92. The molecular weight excluding hydrogens is 318 g/mol. The van der Waals surface area contributed by atoms with Gasteiger partial charge in [-0.15, -0.1) is 0 Å². The number of benzene rings is 1. The molecule has 25 heavy (non-hydrogen) atoms. The first-order chi connectivity index (χ1) is 12.1. The number of ether oxygens (including phenoxy) is 3. The van der Waals surface area contributed by atoms with Crippen molar-refractivity contribution in [2.24, 2.45) is 5.92 Å². The third-order valence-electron chi connectivity index (χ3n) is 5.99. The number of hydrogen-bond acceptors (Lipinski definition) is 5. The summed E-state index contributed by atoms with van der Waals surface area (Å²) < 4.78 is 17.0. The van der Waals surface area contributed by atoms with E-state index in [0.717, 1.165) is 43.4 Å². The van der Waals surface area contributed by atoms with E-state index in [0.29, 0.717) is 11.7 Å². The Hall–Kier alpha value is -1.88. The van der Waals surface area contributed by atoms with Crippen molar-refractivity contribution < 1.29 is 19.3 Å². The first kappa shape index (κ1) is 17.9. The quantitative estimate of drug-likeness (QED) is 0.857. The van der Waals surface area contributed by atoms with Crippen molar-refractivity contribution in [3.8, 4) is 11.5 Å². The Morgan fingerprint density at radius 3 is 2.80 bits per heavy atom. The lowest BCUT2D eigenvalue weighted by molar-refractivity contribution is -0.0480. The maximum atomic E-state index is 11.0. The molecule has 2 bridgehead atoms. The van der Waals surface area contributed by atoms with Crippen LogP contribution < -0.4 is 10.1 Å². The van der Waals surface area contributed by atoms with Crippen molar-refractivity contribution in [3.05, 3.63) is 35.3 Å². The molecule has 0 saturated carbocycles. The van der Waals surface area contributed by atoms with Gasteiger partial charge in [-0.2, -0.15) is 0 Å². The molecule has 1 aromatic rings.